The molecule has 1 saturated heterocycles. The van der Waals surface area contributed by atoms with Crippen LogP contribution in [0.2, 0.25) is 0 Å². The van der Waals surface area contributed by atoms with Crippen LogP contribution in [-0.2, 0) is 11.3 Å². The van der Waals surface area contributed by atoms with E-state index in [4.69, 9.17) is 4.74 Å². The highest BCUT2D eigenvalue weighted by Gasteiger charge is 2.29. The summed E-state index contributed by atoms with van der Waals surface area (Å²) in [6, 6.07) is 2.10. The van der Waals surface area contributed by atoms with Crippen molar-refractivity contribution in [3.63, 3.8) is 0 Å². The molecule has 8 heteroatoms. The molecule has 1 aliphatic heterocycles. The molecule has 4 rings (SSSR count). The maximum Gasteiger partial charge on any atom is 0.254 e. The molecule has 25 heavy (non-hydrogen) atoms. The number of rotatable bonds is 5. The Kier molecular flexibility index (Phi) is 4.35. The zero-order valence-corrected chi connectivity index (χ0v) is 14.6. The Morgan fingerprint density at radius 1 is 1.32 bits per heavy atom. The molecule has 0 amide bonds. The summed E-state index contributed by atoms with van der Waals surface area (Å²) in [4.78, 5) is 13.3. The number of aromatic nitrogens is 6. The average Bonchev–Trinajstić information content (AvgIpc) is 3.29. The summed E-state index contributed by atoms with van der Waals surface area (Å²) < 4.78 is 9.50. The second-order valence-corrected chi connectivity index (χ2v) is 6.40. The van der Waals surface area contributed by atoms with Gasteiger partial charge in [-0.05, 0) is 32.6 Å². The molecule has 0 aromatic carbocycles. The van der Waals surface area contributed by atoms with Crippen molar-refractivity contribution in [2.45, 2.75) is 39.3 Å². The quantitative estimate of drug-likeness (QED) is 0.766. The summed E-state index contributed by atoms with van der Waals surface area (Å²) in [5, 5.41) is 7.99. The molecule has 1 atom stereocenters. The van der Waals surface area contributed by atoms with Crippen LogP contribution in [0.3, 0.4) is 0 Å². The molecule has 132 valence electrons. The number of aryl methyl sites for hydroxylation is 2. The Morgan fingerprint density at radius 3 is 2.96 bits per heavy atom. The molecule has 0 unspecified atom stereocenters. The van der Waals surface area contributed by atoms with Crippen LogP contribution in [0, 0.1) is 12.8 Å². The number of nitrogens with one attached hydrogen (secondary N) is 1. The number of hydrogen-bond acceptors (Lipinski definition) is 6. The Hall–Kier alpha value is -2.48. The van der Waals surface area contributed by atoms with Gasteiger partial charge in [0, 0.05) is 43.9 Å². The molecule has 1 N–H and O–H groups in total. The van der Waals surface area contributed by atoms with Crippen molar-refractivity contribution in [3.05, 3.63) is 36.3 Å². The summed E-state index contributed by atoms with van der Waals surface area (Å²) in [6.45, 7) is 6.59. The third-order valence-corrected chi connectivity index (χ3v) is 4.79. The number of nitrogens with zero attached hydrogens (tertiary/aromatic N) is 6. The molecule has 1 aliphatic rings. The van der Waals surface area contributed by atoms with E-state index in [1.54, 1.807) is 4.52 Å². The van der Waals surface area contributed by atoms with E-state index in [2.05, 4.69) is 36.9 Å². The van der Waals surface area contributed by atoms with Crippen molar-refractivity contribution in [3.8, 4) is 0 Å². The smallest absolute Gasteiger partial charge is 0.254 e. The minimum atomic E-state index is 0.0908. The van der Waals surface area contributed by atoms with Crippen molar-refractivity contribution < 1.29 is 4.74 Å². The minimum absolute atomic E-state index is 0.0908. The second-order valence-electron chi connectivity index (χ2n) is 6.40. The van der Waals surface area contributed by atoms with Gasteiger partial charge in [-0.3, -0.25) is 0 Å². The van der Waals surface area contributed by atoms with Crippen molar-refractivity contribution in [2.24, 2.45) is 5.92 Å². The average molecular weight is 341 g/mol. The summed E-state index contributed by atoms with van der Waals surface area (Å²) >= 11 is 0. The molecule has 3 aromatic heterocycles. The number of ether oxygens (including phenoxy) is 1. The third kappa shape index (κ3) is 3.09. The van der Waals surface area contributed by atoms with Crippen LogP contribution in [0.5, 0.6) is 0 Å². The van der Waals surface area contributed by atoms with Gasteiger partial charge in [-0.25, -0.2) is 9.97 Å². The SMILES string of the molecule is CCn1ccnc1[C@@H](Nc1cc(C)nc2ncnn12)C1CCOCC1. The normalized spacial score (nSPS) is 17.0. The molecule has 4 heterocycles. The highest BCUT2D eigenvalue weighted by molar-refractivity contribution is 5.46. The minimum Gasteiger partial charge on any atom is -0.381 e. The van der Waals surface area contributed by atoms with Gasteiger partial charge < -0.3 is 14.6 Å². The molecular formula is C17H23N7O. The summed E-state index contributed by atoms with van der Waals surface area (Å²) in [7, 11) is 0. The molecule has 0 spiro atoms. The van der Waals surface area contributed by atoms with E-state index in [0.29, 0.717) is 11.7 Å². The molecule has 8 nitrogen and oxygen atoms in total. The topological polar surface area (TPSA) is 82.2 Å². The van der Waals surface area contributed by atoms with Gasteiger partial charge in [-0.15, -0.1) is 0 Å². The van der Waals surface area contributed by atoms with Crippen LogP contribution in [0.1, 0.15) is 37.3 Å². The summed E-state index contributed by atoms with van der Waals surface area (Å²) in [6.07, 6.45) is 7.46. The number of fused-ring (bicyclic) bond motifs is 1. The lowest BCUT2D eigenvalue weighted by Crippen LogP contribution is -2.30. The van der Waals surface area contributed by atoms with Crippen molar-refractivity contribution >= 4 is 11.6 Å². The van der Waals surface area contributed by atoms with Gasteiger partial charge >= 0.3 is 0 Å². The fourth-order valence-corrected chi connectivity index (χ4v) is 3.50. The van der Waals surface area contributed by atoms with E-state index in [0.717, 1.165) is 49.9 Å². The first-order valence-electron chi connectivity index (χ1n) is 8.79. The summed E-state index contributed by atoms with van der Waals surface area (Å²) in [5.41, 5.74) is 0.910. The Bertz CT molecular complexity index is 850. The summed E-state index contributed by atoms with van der Waals surface area (Å²) in [5.74, 6) is 3.00. The van der Waals surface area contributed by atoms with Gasteiger partial charge in [0.2, 0.25) is 0 Å². The van der Waals surface area contributed by atoms with Crippen molar-refractivity contribution in [2.75, 3.05) is 18.5 Å². The Morgan fingerprint density at radius 2 is 2.16 bits per heavy atom. The number of imidazole rings is 1. The van der Waals surface area contributed by atoms with Gasteiger partial charge in [0.25, 0.3) is 5.78 Å². The number of hydrogen-bond donors (Lipinski definition) is 1. The highest BCUT2D eigenvalue weighted by atomic mass is 16.5. The number of anilines is 1. The second kappa shape index (κ2) is 6.79. The molecule has 0 saturated carbocycles. The molecule has 3 aromatic rings. The molecule has 0 bridgehead atoms. The monoisotopic (exact) mass is 341 g/mol. The zero-order valence-electron chi connectivity index (χ0n) is 14.6. The maximum absolute atomic E-state index is 5.56. The van der Waals surface area contributed by atoms with Gasteiger partial charge in [0.15, 0.2) is 0 Å². The fraction of sp³-hybridized carbons (Fsp3) is 0.529. The van der Waals surface area contributed by atoms with E-state index in [9.17, 15) is 0 Å². The lowest BCUT2D eigenvalue weighted by molar-refractivity contribution is 0.0593. The van der Waals surface area contributed by atoms with Gasteiger partial charge in [0.05, 0.1) is 6.04 Å². The van der Waals surface area contributed by atoms with Gasteiger partial charge in [-0.1, -0.05) is 0 Å². The van der Waals surface area contributed by atoms with E-state index >= 15 is 0 Å². The molecule has 1 fully saturated rings. The molecule has 0 aliphatic carbocycles. The largest absolute Gasteiger partial charge is 0.381 e. The van der Waals surface area contributed by atoms with Crippen LogP contribution in [0.15, 0.2) is 24.8 Å². The van der Waals surface area contributed by atoms with Crippen LogP contribution in [0.25, 0.3) is 5.78 Å². The maximum atomic E-state index is 5.56. The Balaban J connectivity index is 1.73. The first-order valence-corrected chi connectivity index (χ1v) is 8.79. The van der Waals surface area contributed by atoms with Crippen LogP contribution in [-0.4, -0.2) is 42.3 Å². The zero-order chi connectivity index (χ0) is 17.2. The van der Waals surface area contributed by atoms with Gasteiger partial charge in [-0.2, -0.15) is 14.6 Å². The van der Waals surface area contributed by atoms with E-state index in [1.165, 1.54) is 6.33 Å². The Labute approximate surface area is 146 Å². The van der Waals surface area contributed by atoms with Crippen molar-refractivity contribution in [1.29, 1.82) is 0 Å². The molecular weight excluding hydrogens is 318 g/mol. The fourth-order valence-electron chi connectivity index (χ4n) is 3.50. The van der Waals surface area contributed by atoms with E-state index in [-0.39, 0.29) is 6.04 Å². The lowest BCUT2D eigenvalue weighted by atomic mass is 9.91. The lowest BCUT2D eigenvalue weighted by Gasteiger charge is -2.31. The van der Waals surface area contributed by atoms with Crippen LogP contribution >= 0.6 is 0 Å². The first kappa shape index (κ1) is 16.0. The first-order chi connectivity index (χ1) is 12.3. The van der Waals surface area contributed by atoms with E-state index < -0.39 is 0 Å². The van der Waals surface area contributed by atoms with Crippen LogP contribution < -0.4 is 5.32 Å². The molecule has 0 radical (unpaired) electrons. The third-order valence-electron chi connectivity index (χ3n) is 4.79. The standard InChI is InChI=1S/C17H23N7O/c1-3-23-7-6-18-16(23)15(13-4-8-25-9-5-13)22-14-10-12(2)21-17-19-11-20-24(14)17/h6-7,10-11,13,15,22H,3-5,8-9H2,1-2H3/t15-/m0/s1. The predicted molar refractivity (Wildman–Crippen MR) is 93.3 cm³/mol. The van der Waals surface area contributed by atoms with E-state index in [1.807, 2.05) is 25.4 Å². The van der Waals surface area contributed by atoms with Gasteiger partial charge in [0.1, 0.15) is 18.0 Å². The van der Waals surface area contributed by atoms with Crippen LogP contribution in [0.4, 0.5) is 5.82 Å². The van der Waals surface area contributed by atoms with Crippen molar-refractivity contribution in [1.82, 2.24) is 29.1 Å². The highest BCUT2D eigenvalue weighted by Crippen LogP contribution is 2.32. The predicted octanol–water partition coefficient (Wildman–Crippen LogP) is 2.23.